The average molecular weight is 339 g/mol. The quantitative estimate of drug-likeness (QED) is 0.783. The molecule has 0 atom stereocenters. The van der Waals surface area contributed by atoms with Gasteiger partial charge < -0.3 is 10.2 Å². The molecule has 0 aliphatic heterocycles. The second-order valence-electron chi connectivity index (χ2n) is 6.50. The van der Waals surface area contributed by atoms with Crippen LogP contribution in [0.3, 0.4) is 0 Å². The molecule has 0 spiro atoms. The molecular formula is C17H27BrN2. The van der Waals surface area contributed by atoms with Gasteiger partial charge in [0.1, 0.15) is 0 Å². The van der Waals surface area contributed by atoms with E-state index in [4.69, 9.17) is 0 Å². The first-order valence-electron chi connectivity index (χ1n) is 7.75. The Hall–Kier alpha value is -0.540. The fraction of sp³-hybridized carbons (Fsp3) is 0.647. The number of hydrogen-bond acceptors (Lipinski definition) is 2. The molecule has 0 aromatic heterocycles. The van der Waals surface area contributed by atoms with Crippen LogP contribution in [-0.4, -0.2) is 18.6 Å². The van der Waals surface area contributed by atoms with Crippen molar-refractivity contribution in [2.24, 2.45) is 5.92 Å². The molecule has 0 heterocycles. The zero-order valence-corrected chi connectivity index (χ0v) is 14.7. The van der Waals surface area contributed by atoms with Gasteiger partial charge >= 0.3 is 0 Å². The summed E-state index contributed by atoms with van der Waals surface area (Å²) in [6, 6.07) is 7.75. The van der Waals surface area contributed by atoms with Crippen LogP contribution in [0.5, 0.6) is 0 Å². The van der Waals surface area contributed by atoms with E-state index >= 15 is 0 Å². The molecule has 112 valence electrons. The van der Waals surface area contributed by atoms with E-state index in [0.29, 0.717) is 12.1 Å². The Morgan fingerprint density at radius 1 is 1.25 bits per heavy atom. The topological polar surface area (TPSA) is 15.3 Å². The van der Waals surface area contributed by atoms with Gasteiger partial charge in [0.15, 0.2) is 0 Å². The van der Waals surface area contributed by atoms with E-state index in [1.54, 1.807) is 0 Å². The van der Waals surface area contributed by atoms with Gasteiger partial charge in [-0.05, 0) is 56.4 Å². The highest BCUT2D eigenvalue weighted by Gasteiger charge is 2.26. The predicted molar refractivity (Wildman–Crippen MR) is 91.3 cm³/mol. The third kappa shape index (κ3) is 4.49. The van der Waals surface area contributed by atoms with Crippen LogP contribution in [0.15, 0.2) is 22.7 Å². The molecule has 2 nitrogen and oxygen atoms in total. The first kappa shape index (κ1) is 15.8. The predicted octanol–water partition coefficient (Wildman–Crippen LogP) is 4.57. The van der Waals surface area contributed by atoms with Gasteiger partial charge in [0.2, 0.25) is 0 Å². The van der Waals surface area contributed by atoms with E-state index in [-0.39, 0.29) is 0 Å². The smallest absolute Gasteiger partial charge is 0.0415 e. The number of hydrogen-bond donors (Lipinski definition) is 1. The largest absolute Gasteiger partial charge is 0.369 e. The van der Waals surface area contributed by atoms with Crippen molar-refractivity contribution in [1.82, 2.24) is 5.32 Å². The standard InChI is InChI=1S/C17H27BrN2/c1-12(2)19-10-15-9-16(18)7-8-17(15)20(13(3)4)11-14-5-6-14/h7-9,12-14,19H,5-6,10-11H2,1-4H3. The molecule has 1 fully saturated rings. The van der Waals surface area contributed by atoms with Gasteiger partial charge in [0, 0.05) is 35.3 Å². The van der Waals surface area contributed by atoms with Crippen molar-refractivity contribution in [2.75, 3.05) is 11.4 Å². The molecule has 1 N–H and O–H groups in total. The molecule has 0 bridgehead atoms. The molecule has 0 amide bonds. The Morgan fingerprint density at radius 2 is 1.95 bits per heavy atom. The van der Waals surface area contributed by atoms with Gasteiger partial charge in [-0.1, -0.05) is 29.8 Å². The minimum Gasteiger partial charge on any atom is -0.369 e. The average Bonchev–Trinajstić information content (AvgIpc) is 3.18. The lowest BCUT2D eigenvalue weighted by Crippen LogP contribution is -2.34. The lowest BCUT2D eigenvalue weighted by Gasteiger charge is -2.31. The maximum atomic E-state index is 3.61. The third-order valence-electron chi connectivity index (χ3n) is 3.83. The van der Waals surface area contributed by atoms with Crippen LogP contribution in [0.2, 0.25) is 0 Å². The van der Waals surface area contributed by atoms with Crippen LogP contribution in [-0.2, 0) is 6.54 Å². The van der Waals surface area contributed by atoms with E-state index in [1.807, 2.05) is 0 Å². The second kappa shape index (κ2) is 6.95. The van der Waals surface area contributed by atoms with Crippen LogP contribution >= 0.6 is 15.9 Å². The number of rotatable bonds is 7. The summed E-state index contributed by atoms with van der Waals surface area (Å²) in [7, 11) is 0. The molecule has 3 heteroatoms. The first-order chi connectivity index (χ1) is 9.47. The molecule has 1 saturated carbocycles. The van der Waals surface area contributed by atoms with Crippen molar-refractivity contribution < 1.29 is 0 Å². The molecule has 0 radical (unpaired) electrons. The number of benzene rings is 1. The van der Waals surface area contributed by atoms with E-state index in [2.05, 4.69) is 72.0 Å². The lowest BCUT2D eigenvalue weighted by molar-refractivity contribution is 0.583. The minimum absolute atomic E-state index is 0.512. The highest BCUT2D eigenvalue weighted by molar-refractivity contribution is 9.10. The van der Waals surface area contributed by atoms with E-state index in [0.717, 1.165) is 16.9 Å². The summed E-state index contributed by atoms with van der Waals surface area (Å²) >= 11 is 3.61. The fourth-order valence-corrected chi connectivity index (χ4v) is 2.86. The molecule has 0 unspecified atom stereocenters. The molecule has 20 heavy (non-hydrogen) atoms. The number of nitrogens with zero attached hydrogens (tertiary/aromatic N) is 1. The lowest BCUT2D eigenvalue weighted by atomic mass is 10.1. The van der Waals surface area contributed by atoms with Crippen molar-refractivity contribution >= 4 is 21.6 Å². The maximum Gasteiger partial charge on any atom is 0.0415 e. The zero-order chi connectivity index (χ0) is 14.7. The second-order valence-corrected chi connectivity index (χ2v) is 7.41. The molecule has 1 aromatic rings. The molecule has 0 saturated heterocycles. The SMILES string of the molecule is CC(C)NCc1cc(Br)ccc1N(CC1CC1)C(C)C. The Morgan fingerprint density at radius 3 is 2.50 bits per heavy atom. The summed E-state index contributed by atoms with van der Waals surface area (Å²) in [6.45, 7) is 11.1. The Labute approximate surface area is 132 Å². The summed E-state index contributed by atoms with van der Waals surface area (Å²) in [5.74, 6) is 0.909. The van der Waals surface area contributed by atoms with Gasteiger partial charge in [-0.25, -0.2) is 0 Å². The number of halogens is 1. The number of anilines is 1. The fourth-order valence-electron chi connectivity index (χ4n) is 2.46. The van der Waals surface area contributed by atoms with E-state index in [9.17, 15) is 0 Å². The van der Waals surface area contributed by atoms with Gasteiger partial charge in [0.25, 0.3) is 0 Å². The van der Waals surface area contributed by atoms with Crippen LogP contribution in [0.25, 0.3) is 0 Å². The van der Waals surface area contributed by atoms with Crippen molar-refractivity contribution in [1.29, 1.82) is 0 Å². The van der Waals surface area contributed by atoms with Crippen molar-refractivity contribution in [3.63, 3.8) is 0 Å². The Balaban J connectivity index is 2.21. The normalized spacial score (nSPS) is 15.2. The van der Waals surface area contributed by atoms with Crippen molar-refractivity contribution in [2.45, 2.75) is 59.2 Å². The van der Waals surface area contributed by atoms with Gasteiger partial charge in [0.05, 0.1) is 0 Å². The molecule has 1 aliphatic rings. The molecular weight excluding hydrogens is 312 g/mol. The van der Waals surface area contributed by atoms with Crippen LogP contribution in [0.1, 0.15) is 46.1 Å². The van der Waals surface area contributed by atoms with Gasteiger partial charge in [-0.15, -0.1) is 0 Å². The van der Waals surface area contributed by atoms with Crippen molar-refractivity contribution in [3.05, 3.63) is 28.2 Å². The maximum absolute atomic E-state index is 3.61. The minimum atomic E-state index is 0.512. The van der Waals surface area contributed by atoms with Gasteiger partial charge in [-0.2, -0.15) is 0 Å². The zero-order valence-electron chi connectivity index (χ0n) is 13.1. The summed E-state index contributed by atoms with van der Waals surface area (Å²) < 4.78 is 1.16. The number of nitrogens with one attached hydrogen (secondary N) is 1. The van der Waals surface area contributed by atoms with Crippen molar-refractivity contribution in [3.8, 4) is 0 Å². The Bertz CT molecular complexity index is 439. The summed E-state index contributed by atoms with van der Waals surface area (Å²) in [5.41, 5.74) is 2.78. The van der Waals surface area contributed by atoms with E-state index < -0.39 is 0 Å². The van der Waals surface area contributed by atoms with Gasteiger partial charge in [-0.3, -0.25) is 0 Å². The Kier molecular flexibility index (Phi) is 5.50. The first-order valence-corrected chi connectivity index (χ1v) is 8.55. The highest BCUT2D eigenvalue weighted by atomic mass is 79.9. The molecule has 2 rings (SSSR count). The van der Waals surface area contributed by atoms with Crippen LogP contribution < -0.4 is 10.2 Å². The van der Waals surface area contributed by atoms with E-state index in [1.165, 1.54) is 30.6 Å². The summed E-state index contributed by atoms with van der Waals surface area (Å²) in [6.07, 6.45) is 2.80. The monoisotopic (exact) mass is 338 g/mol. The molecule has 1 aliphatic carbocycles. The highest BCUT2D eigenvalue weighted by Crippen LogP contribution is 2.34. The third-order valence-corrected chi connectivity index (χ3v) is 4.32. The van der Waals surface area contributed by atoms with Crippen LogP contribution in [0.4, 0.5) is 5.69 Å². The molecule has 1 aromatic carbocycles. The summed E-state index contributed by atoms with van der Waals surface area (Å²) in [4.78, 5) is 2.57. The summed E-state index contributed by atoms with van der Waals surface area (Å²) in [5, 5.41) is 3.54. The van der Waals surface area contributed by atoms with Crippen LogP contribution in [0, 0.1) is 5.92 Å².